The molecule has 0 unspecified atom stereocenters. The molecule has 0 bridgehead atoms. The molecule has 0 aromatic heterocycles. The number of benzene rings is 3. The molecule has 1 N–H and O–H groups in total. The SMILES string of the molecule is CCc1ccc(N(CC(=O)N(Cc2ccccc2Cl)[C@@H](Cc2ccccc2)C(=O)NC2CCCC2)S(C)(=O)=O)cc1. The molecule has 2 amide bonds. The highest BCUT2D eigenvalue weighted by molar-refractivity contribution is 7.92. The van der Waals surface area contributed by atoms with Crippen molar-refractivity contribution >= 4 is 39.1 Å². The van der Waals surface area contributed by atoms with Crippen LogP contribution in [0.2, 0.25) is 5.02 Å². The van der Waals surface area contributed by atoms with Crippen molar-refractivity contribution in [3.05, 3.63) is 101 Å². The number of halogens is 1. The van der Waals surface area contributed by atoms with Gasteiger partial charge < -0.3 is 10.2 Å². The summed E-state index contributed by atoms with van der Waals surface area (Å²) in [7, 11) is -3.81. The normalized spacial score (nSPS) is 14.4. The van der Waals surface area contributed by atoms with Gasteiger partial charge in [0.2, 0.25) is 21.8 Å². The van der Waals surface area contributed by atoms with Crippen molar-refractivity contribution in [2.45, 2.75) is 64.1 Å². The molecule has 0 saturated heterocycles. The molecule has 0 radical (unpaired) electrons. The van der Waals surface area contributed by atoms with Gasteiger partial charge >= 0.3 is 0 Å². The van der Waals surface area contributed by atoms with Crippen LogP contribution in [0.4, 0.5) is 5.69 Å². The Morgan fingerprint density at radius 3 is 2.17 bits per heavy atom. The first kappa shape index (κ1) is 30.6. The first-order valence-corrected chi connectivity index (χ1v) is 16.3. The molecule has 1 fully saturated rings. The number of nitrogens with zero attached hydrogens (tertiary/aromatic N) is 2. The molecule has 4 rings (SSSR count). The lowest BCUT2D eigenvalue weighted by Gasteiger charge is -2.34. The van der Waals surface area contributed by atoms with Gasteiger partial charge in [-0.3, -0.25) is 13.9 Å². The molecule has 0 heterocycles. The zero-order chi connectivity index (χ0) is 29.4. The number of rotatable bonds is 12. The molecular weight excluding hydrogens is 558 g/mol. The van der Waals surface area contributed by atoms with E-state index in [0.29, 0.717) is 16.3 Å². The van der Waals surface area contributed by atoms with E-state index >= 15 is 0 Å². The molecule has 7 nitrogen and oxygen atoms in total. The van der Waals surface area contributed by atoms with Crippen molar-refractivity contribution < 1.29 is 18.0 Å². The zero-order valence-electron chi connectivity index (χ0n) is 23.6. The zero-order valence-corrected chi connectivity index (χ0v) is 25.2. The van der Waals surface area contributed by atoms with Gasteiger partial charge in [0.1, 0.15) is 12.6 Å². The Kier molecular flexibility index (Phi) is 10.5. The van der Waals surface area contributed by atoms with Crippen LogP contribution in [0.3, 0.4) is 0 Å². The average molecular weight is 596 g/mol. The van der Waals surface area contributed by atoms with Crippen LogP contribution in [0.1, 0.15) is 49.3 Å². The largest absolute Gasteiger partial charge is 0.352 e. The molecule has 0 aliphatic heterocycles. The third kappa shape index (κ3) is 8.33. The summed E-state index contributed by atoms with van der Waals surface area (Å²) in [6.45, 7) is 1.63. The Hall–Kier alpha value is -3.36. The van der Waals surface area contributed by atoms with Crippen molar-refractivity contribution in [1.82, 2.24) is 10.2 Å². The number of carbonyl (C=O) groups is 2. The number of hydrogen-bond donors (Lipinski definition) is 1. The summed E-state index contributed by atoms with van der Waals surface area (Å²) < 4.78 is 27.0. The molecule has 1 aliphatic carbocycles. The molecule has 41 heavy (non-hydrogen) atoms. The number of anilines is 1. The molecule has 1 saturated carbocycles. The maximum Gasteiger partial charge on any atom is 0.244 e. The van der Waals surface area contributed by atoms with Crippen LogP contribution in [0.25, 0.3) is 0 Å². The van der Waals surface area contributed by atoms with Crippen LogP contribution in [0.5, 0.6) is 0 Å². The van der Waals surface area contributed by atoms with E-state index in [0.717, 1.165) is 53.8 Å². The predicted molar refractivity (Wildman–Crippen MR) is 164 cm³/mol. The van der Waals surface area contributed by atoms with E-state index < -0.39 is 28.5 Å². The standard InChI is InChI=1S/C32H38ClN3O4S/c1-3-24-17-19-28(20-18-24)36(41(2,39)40)23-31(37)35(22-26-13-7-10-16-29(26)33)30(21-25-11-5-4-6-12-25)32(38)34-27-14-8-9-15-27/h4-7,10-13,16-20,27,30H,3,8-9,14-15,21-23H2,1-2H3,(H,34,38)/t30-/m0/s1. The van der Waals surface area contributed by atoms with Crippen LogP contribution in [0, 0.1) is 0 Å². The smallest absolute Gasteiger partial charge is 0.244 e. The van der Waals surface area contributed by atoms with Crippen molar-refractivity contribution in [3.8, 4) is 0 Å². The van der Waals surface area contributed by atoms with Gasteiger partial charge in [-0.2, -0.15) is 0 Å². The fourth-order valence-corrected chi connectivity index (χ4v) is 6.29. The minimum absolute atomic E-state index is 0.0560. The highest BCUT2D eigenvalue weighted by Crippen LogP contribution is 2.24. The van der Waals surface area contributed by atoms with Crippen LogP contribution in [-0.2, 0) is 39.0 Å². The maximum absolute atomic E-state index is 14.2. The van der Waals surface area contributed by atoms with Crippen LogP contribution in [-0.4, -0.2) is 50.0 Å². The van der Waals surface area contributed by atoms with E-state index in [9.17, 15) is 18.0 Å². The van der Waals surface area contributed by atoms with Crippen molar-refractivity contribution in [1.29, 1.82) is 0 Å². The second kappa shape index (κ2) is 14.0. The quantitative estimate of drug-likeness (QED) is 0.305. The molecule has 3 aromatic carbocycles. The molecular formula is C32H38ClN3O4S. The van der Waals surface area contributed by atoms with Gasteiger partial charge in [-0.1, -0.05) is 92.0 Å². The Balaban J connectivity index is 1.72. The number of sulfonamides is 1. The highest BCUT2D eigenvalue weighted by atomic mass is 35.5. The Labute approximate surface area is 248 Å². The van der Waals surface area contributed by atoms with E-state index in [1.807, 2.05) is 61.5 Å². The van der Waals surface area contributed by atoms with Crippen molar-refractivity contribution in [2.75, 3.05) is 17.1 Å². The second-order valence-corrected chi connectivity index (χ2v) is 12.9. The number of nitrogens with one attached hydrogen (secondary N) is 1. The van der Waals surface area contributed by atoms with E-state index in [-0.39, 0.29) is 24.9 Å². The Bertz CT molecular complexity index is 1420. The summed E-state index contributed by atoms with van der Waals surface area (Å²) in [6, 6.07) is 23.0. The molecule has 3 aromatic rings. The van der Waals surface area contributed by atoms with Gasteiger partial charge in [-0.25, -0.2) is 8.42 Å². The van der Waals surface area contributed by atoms with Crippen LogP contribution < -0.4 is 9.62 Å². The first-order chi connectivity index (χ1) is 19.7. The number of hydrogen-bond acceptors (Lipinski definition) is 4. The predicted octanol–water partition coefficient (Wildman–Crippen LogP) is 5.37. The monoisotopic (exact) mass is 595 g/mol. The minimum Gasteiger partial charge on any atom is -0.352 e. The fraction of sp³-hybridized carbons (Fsp3) is 0.375. The lowest BCUT2D eigenvalue weighted by atomic mass is 10.0. The van der Waals surface area contributed by atoms with E-state index in [1.54, 1.807) is 24.3 Å². The van der Waals surface area contributed by atoms with Gasteiger partial charge in [0, 0.05) is 24.0 Å². The fourth-order valence-electron chi connectivity index (χ4n) is 5.24. The summed E-state index contributed by atoms with van der Waals surface area (Å²) in [4.78, 5) is 29.5. The lowest BCUT2D eigenvalue weighted by molar-refractivity contribution is -0.140. The van der Waals surface area contributed by atoms with E-state index in [1.165, 1.54) is 4.90 Å². The van der Waals surface area contributed by atoms with Crippen molar-refractivity contribution in [2.24, 2.45) is 0 Å². The summed E-state index contributed by atoms with van der Waals surface area (Å²) in [5.41, 5.74) is 3.02. The van der Waals surface area contributed by atoms with Gasteiger partial charge in [0.05, 0.1) is 11.9 Å². The minimum atomic E-state index is -3.81. The van der Waals surface area contributed by atoms with E-state index in [4.69, 9.17) is 11.6 Å². The van der Waals surface area contributed by atoms with Gasteiger partial charge in [0.25, 0.3) is 0 Å². The lowest BCUT2D eigenvalue weighted by Crippen LogP contribution is -2.54. The average Bonchev–Trinajstić information content (AvgIpc) is 3.47. The Morgan fingerprint density at radius 1 is 0.927 bits per heavy atom. The molecule has 0 spiro atoms. The third-order valence-corrected chi connectivity index (χ3v) is 9.09. The van der Waals surface area contributed by atoms with E-state index in [2.05, 4.69) is 5.32 Å². The van der Waals surface area contributed by atoms with Crippen molar-refractivity contribution in [3.63, 3.8) is 0 Å². The maximum atomic E-state index is 14.2. The van der Waals surface area contributed by atoms with Crippen LogP contribution in [0.15, 0.2) is 78.9 Å². The molecule has 218 valence electrons. The highest BCUT2D eigenvalue weighted by Gasteiger charge is 2.34. The number of carbonyl (C=O) groups excluding carboxylic acids is 2. The summed E-state index contributed by atoms with van der Waals surface area (Å²) in [6.07, 6.45) is 6.07. The number of amides is 2. The number of aryl methyl sites for hydroxylation is 1. The summed E-state index contributed by atoms with van der Waals surface area (Å²) >= 11 is 6.51. The molecule has 9 heteroatoms. The first-order valence-electron chi connectivity index (χ1n) is 14.1. The van der Waals surface area contributed by atoms with Gasteiger partial charge in [0.15, 0.2) is 0 Å². The Morgan fingerprint density at radius 2 is 1.56 bits per heavy atom. The second-order valence-electron chi connectivity index (χ2n) is 10.6. The third-order valence-electron chi connectivity index (χ3n) is 7.58. The topological polar surface area (TPSA) is 86.8 Å². The molecule has 1 aliphatic rings. The van der Waals surface area contributed by atoms with Gasteiger partial charge in [-0.15, -0.1) is 0 Å². The summed E-state index contributed by atoms with van der Waals surface area (Å²) in [5.74, 6) is -0.739. The summed E-state index contributed by atoms with van der Waals surface area (Å²) in [5, 5.41) is 3.63. The van der Waals surface area contributed by atoms with Gasteiger partial charge in [-0.05, 0) is 54.2 Å². The molecule has 1 atom stereocenters. The van der Waals surface area contributed by atoms with Crippen LogP contribution >= 0.6 is 11.6 Å².